The molecule has 150 valence electrons. The Hall–Kier alpha value is -4.07. The van der Waals surface area contributed by atoms with Gasteiger partial charge >= 0.3 is 0 Å². The van der Waals surface area contributed by atoms with Crippen LogP contribution in [0.3, 0.4) is 0 Å². The minimum Gasteiger partial charge on any atom is -0.331 e. The molecule has 1 N–H and O–H groups in total. The van der Waals surface area contributed by atoms with Crippen LogP contribution in [-0.4, -0.2) is 25.2 Å². The van der Waals surface area contributed by atoms with Crippen LogP contribution in [0.5, 0.6) is 0 Å². The van der Waals surface area contributed by atoms with Gasteiger partial charge in [-0.1, -0.05) is 12.1 Å². The molecule has 0 unspecified atom stereocenters. The van der Waals surface area contributed by atoms with Crippen molar-refractivity contribution in [2.45, 2.75) is 13.5 Å². The van der Waals surface area contributed by atoms with Gasteiger partial charge in [0.2, 0.25) is 0 Å². The van der Waals surface area contributed by atoms with Crippen LogP contribution in [0.1, 0.15) is 21.9 Å². The highest BCUT2D eigenvalue weighted by Crippen LogP contribution is 2.13. The number of halogens is 1. The molecular weight excluding hydrogens is 385 g/mol. The number of nitrogens with zero attached hydrogens (tertiary/aromatic N) is 4. The Balaban J connectivity index is 1.50. The molecule has 4 aromatic rings. The van der Waals surface area contributed by atoms with Crippen molar-refractivity contribution in [1.29, 1.82) is 0 Å². The first-order valence-corrected chi connectivity index (χ1v) is 9.24. The highest BCUT2D eigenvalue weighted by Gasteiger charge is 2.11. The summed E-state index contributed by atoms with van der Waals surface area (Å²) in [7, 11) is 0. The Morgan fingerprint density at radius 1 is 1.03 bits per heavy atom. The predicted molar refractivity (Wildman–Crippen MR) is 110 cm³/mol. The Bertz CT molecular complexity index is 1240. The Kier molecular flexibility index (Phi) is 5.21. The van der Waals surface area contributed by atoms with Gasteiger partial charge in [-0.25, -0.2) is 9.37 Å². The summed E-state index contributed by atoms with van der Waals surface area (Å²) in [6.45, 7) is 2.62. The zero-order valence-corrected chi connectivity index (χ0v) is 16.1. The fourth-order valence-corrected chi connectivity index (χ4v) is 2.96. The van der Waals surface area contributed by atoms with Gasteiger partial charge in [0, 0.05) is 30.7 Å². The highest BCUT2D eigenvalue weighted by atomic mass is 19.1. The van der Waals surface area contributed by atoms with Crippen LogP contribution in [0.15, 0.2) is 77.9 Å². The van der Waals surface area contributed by atoms with E-state index in [0.717, 1.165) is 16.1 Å². The van der Waals surface area contributed by atoms with Crippen molar-refractivity contribution in [3.63, 3.8) is 0 Å². The number of benzene rings is 2. The molecule has 0 aliphatic carbocycles. The zero-order valence-electron chi connectivity index (χ0n) is 16.1. The van der Waals surface area contributed by atoms with Crippen molar-refractivity contribution < 1.29 is 9.18 Å². The summed E-state index contributed by atoms with van der Waals surface area (Å²) in [5.41, 5.74) is 1.69. The lowest BCUT2D eigenvalue weighted by Gasteiger charge is -2.09. The van der Waals surface area contributed by atoms with Crippen molar-refractivity contribution in [3.05, 3.63) is 106 Å². The Morgan fingerprint density at radius 3 is 2.43 bits per heavy atom. The molecule has 0 saturated heterocycles. The van der Waals surface area contributed by atoms with Gasteiger partial charge in [-0.15, -0.1) is 0 Å². The second kappa shape index (κ2) is 8.12. The topological polar surface area (TPSA) is 81.8 Å². The number of anilines is 1. The first-order valence-electron chi connectivity index (χ1n) is 9.24. The summed E-state index contributed by atoms with van der Waals surface area (Å²) in [5.74, 6) is 0.0474. The van der Waals surface area contributed by atoms with Crippen LogP contribution in [-0.2, 0) is 6.54 Å². The molecule has 2 heterocycles. The lowest BCUT2D eigenvalue weighted by Crippen LogP contribution is -2.24. The second-order valence-electron chi connectivity index (χ2n) is 6.70. The van der Waals surface area contributed by atoms with Gasteiger partial charge in [0.25, 0.3) is 11.5 Å². The maximum Gasteiger partial charge on any atom is 0.276 e. The third-order valence-corrected chi connectivity index (χ3v) is 4.59. The molecule has 0 atom stereocenters. The van der Waals surface area contributed by atoms with E-state index < -0.39 is 17.3 Å². The van der Waals surface area contributed by atoms with E-state index in [-0.39, 0.29) is 5.69 Å². The molecule has 4 rings (SSSR count). The third kappa shape index (κ3) is 4.17. The summed E-state index contributed by atoms with van der Waals surface area (Å²) in [5, 5.41) is 6.87. The van der Waals surface area contributed by atoms with Crippen molar-refractivity contribution in [1.82, 2.24) is 19.3 Å². The Morgan fingerprint density at radius 2 is 1.77 bits per heavy atom. The van der Waals surface area contributed by atoms with Crippen molar-refractivity contribution in [2.75, 3.05) is 5.32 Å². The van der Waals surface area contributed by atoms with Gasteiger partial charge in [-0.05, 0) is 55.0 Å². The van der Waals surface area contributed by atoms with E-state index in [1.807, 2.05) is 29.8 Å². The first-order chi connectivity index (χ1) is 14.5. The van der Waals surface area contributed by atoms with Gasteiger partial charge in [-0.2, -0.15) is 9.78 Å². The molecule has 8 heteroatoms. The van der Waals surface area contributed by atoms with Crippen LogP contribution in [0.2, 0.25) is 0 Å². The predicted octanol–water partition coefficient (Wildman–Crippen LogP) is 3.18. The summed E-state index contributed by atoms with van der Waals surface area (Å²) in [6, 6.07) is 15.3. The normalized spacial score (nSPS) is 10.7. The molecule has 0 fully saturated rings. The number of nitrogens with one attached hydrogen (secondary N) is 1. The summed E-state index contributed by atoms with van der Waals surface area (Å²) < 4.78 is 16.2. The van der Waals surface area contributed by atoms with Crippen LogP contribution in [0.25, 0.3) is 5.69 Å². The summed E-state index contributed by atoms with van der Waals surface area (Å²) in [4.78, 5) is 28.9. The minimum atomic E-state index is -0.455. The van der Waals surface area contributed by atoms with E-state index in [0.29, 0.717) is 17.9 Å². The van der Waals surface area contributed by atoms with Crippen LogP contribution in [0.4, 0.5) is 10.1 Å². The summed E-state index contributed by atoms with van der Waals surface area (Å²) >= 11 is 0. The molecule has 0 spiro atoms. The lowest BCUT2D eigenvalue weighted by molar-refractivity contribution is 0.102. The number of amides is 1. The zero-order chi connectivity index (χ0) is 21.1. The van der Waals surface area contributed by atoms with Gasteiger partial charge < -0.3 is 9.88 Å². The standard InChI is InChI=1S/C22H18FN5O2/c1-15-24-12-13-27(15)14-16-2-6-18(7-3-16)25-22(30)20-10-11-21(29)28(26-20)19-8-4-17(23)5-9-19/h2-13H,14H2,1H3,(H,25,30). The average molecular weight is 403 g/mol. The number of rotatable bonds is 5. The molecule has 2 aromatic carbocycles. The van der Waals surface area contributed by atoms with Gasteiger partial charge in [-0.3, -0.25) is 9.59 Å². The van der Waals surface area contributed by atoms with Crippen LogP contribution in [0, 0.1) is 12.7 Å². The molecule has 1 amide bonds. The van der Waals surface area contributed by atoms with Crippen LogP contribution >= 0.6 is 0 Å². The van der Waals surface area contributed by atoms with E-state index in [2.05, 4.69) is 15.4 Å². The lowest BCUT2D eigenvalue weighted by atomic mass is 10.2. The fraction of sp³-hybridized carbons (Fsp3) is 0.0909. The van der Waals surface area contributed by atoms with Crippen molar-refractivity contribution >= 4 is 11.6 Å². The number of hydrogen-bond donors (Lipinski definition) is 1. The monoisotopic (exact) mass is 403 g/mol. The maximum absolute atomic E-state index is 13.1. The number of hydrogen-bond acceptors (Lipinski definition) is 4. The number of aryl methyl sites for hydroxylation is 1. The van der Waals surface area contributed by atoms with Crippen molar-refractivity contribution in [2.24, 2.45) is 0 Å². The molecule has 0 aliphatic rings. The SMILES string of the molecule is Cc1nccn1Cc1ccc(NC(=O)c2ccc(=O)n(-c3ccc(F)cc3)n2)cc1. The average Bonchev–Trinajstić information content (AvgIpc) is 3.15. The molecule has 7 nitrogen and oxygen atoms in total. The smallest absolute Gasteiger partial charge is 0.276 e. The Labute approximate surface area is 171 Å². The quantitative estimate of drug-likeness (QED) is 0.555. The minimum absolute atomic E-state index is 0.0667. The van der Waals surface area contributed by atoms with Gasteiger partial charge in [0.05, 0.1) is 5.69 Å². The fourth-order valence-electron chi connectivity index (χ4n) is 2.96. The van der Waals surface area contributed by atoms with E-state index in [1.165, 1.54) is 36.4 Å². The second-order valence-corrected chi connectivity index (χ2v) is 6.70. The first kappa shape index (κ1) is 19.3. The molecular formula is C22H18FN5O2. The molecule has 2 aromatic heterocycles. The number of carbonyl (C=O) groups is 1. The molecule has 30 heavy (non-hydrogen) atoms. The van der Waals surface area contributed by atoms with Crippen molar-refractivity contribution in [3.8, 4) is 5.69 Å². The molecule has 0 radical (unpaired) electrons. The maximum atomic E-state index is 13.1. The number of aromatic nitrogens is 4. The highest BCUT2D eigenvalue weighted by molar-refractivity contribution is 6.02. The largest absolute Gasteiger partial charge is 0.331 e. The summed E-state index contributed by atoms with van der Waals surface area (Å²) in [6.07, 6.45) is 3.66. The van der Waals surface area contributed by atoms with Gasteiger partial charge in [0.1, 0.15) is 17.3 Å². The number of imidazole rings is 1. The van der Waals surface area contributed by atoms with E-state index in [1.54, 1.807) is 18.3 Å². The third-order valence-electron chi connectivity index (χ3n) is 4.59. The number of carbonyl (C=O) groups excluding carboxylic acids is 1. The van der Waals surface area contributed by atoms with E-state index >= 15 is 0 Å². The van der Waals surface area contributed by atoms with Crippen LogP contribution < -0.4 is 10.9 Å². The molecule has 0 aliphatic heterocycles. The van der Waals surface area contributed by atoms with E-state index in [4.69, 9.17) is 0 Å². The molecule has 0 bridgehead atoms. The van der Waals surface area contributed by atoms with E-state index in [9.17, 15) is 14.0 Å². The molecule has 0 saturated carbocycles. The van der Waals surface area contributed by atoms with Gasteiger partial charge in [0.15, 0.2) is 0 Å².